The second kappa shape index (κ2) is 5.99. The van der Waals surface area contributed by atoms with Crippen molar-refractivity contribution in [3.05, 3.63) is 55.6 Å². The van der Waals surface area contributed by atoms with E-state index in [1.54, 1.807) is 12.2 Å². The Bertz CT molecular complexity index is 358. The van der Waals surface area contributed by atoms with Crippen LogP contribution in [0, 0.1) is 0 Å². The van der Waals surface area contributed by atoms with Crippen LogP contribution in [0.4, 0.5) is 0 Å². The van der Waals surface area contributed by atoms with E-state index in [0.717, 1.165) is 4.90 Å². The predicted molar refractivity (Wildman–Crippen MR) is 70.0 cm³/mol. The highest BCUT2D eigenvalue weighted by Crippen LogP contribution is 2.61. The fourth-order valence-corrected chi connectivity index (χ4v) is 5.56. The molecule has 1 rings (SSSR count). The molecule has 1 nitrogen and oxygen atoms in total. The summed E-state index contributed by atoms with van der Waals surface area (Å²) in [5, 5.41) is 0. The first-order chi connectivity index (χ1) is 7.20. The zero-order valence-electron chi connectivity index (χ0n) is 8.63. The number of allylic oxidation sites excluding steroid dienone is 2. The first-order valence-corrected chi connectivity index (χ1v) is 8.24. The smallest absolute Gasteiger partial charge is 0.150 e. The van der Waals surface area contributed by atoms with Gasteiger partial charge in [0.1, 0.15) is 0 Å². The summed E-state index contributed by atoms with van der Waals surface area (Å²) < 4.78 is 12.4. The maximum atomic E-state index is 12.4. The second-order valence-corrected chi connectivity index (χ2v) is 8.72. The first kappa shape index (κ1) is 12.4. The topological polar surface area (TPSA) is 17.1 Å². The van der Waals surface area contributed by atoms with E-state index in [1.165, 1.54) is 11.4 Å². The number of benzene rings is 1. The van der Waals surface area contributed by atoms with Gasteiger partial charge in [-0.15, -0.1) is 13.2 Å². The molecule has 0 N–H and O–H groups in total. The molecule has 0 spiro atoms. The molecule has 0 unspecified atom stereocenters. The molecule has 15 heavy (non-hydrogen) atoms. The van der Waals surface area contributed by atoms with Crippen molar-refractivity contribution in [3.63, 3.8) is 0 Å². The highest BCUT2D eigenvalue weighted by Gasteiger charge is 2.19. The quantitative estimate of drug-likeness (QED) is 0.538. The summed E-state index contributed by atoms with van der Waals surface area (Å²) in [7, 11) is 0. The molecule has 0 bridgehead atoms. The highest BCUT2D eigenvalue weighted by atomic mass is 32.7. The average Bonchev–Trinajstić information content (AvgIpc) is 2.19. The monoisotopic (exact) mass is 238 g/mol. The van der Waals surface area contributed by atoms with Gasteiger partial charge in [0.2, 0.25) is 0 Å². The Hall–Kier alpha value is -0.720. The Kier molecular flexibility index (Phi) is 4.93. The van der Waals surface area contributed by atoms with Gasteiger partial charge in [-0.3, -0.25) is 0 Å². The van der Waals surface area contributed by atoms with Gasteiger partial charge < -0.3 is 4.57 Å². The Balaban J connectivity index is 2.79. The molecule has 3 heteroatoms. The molecule has 0 aliphatic heterocycles. The van der Waals surface area contributed by atoms with Crippen molar-refractivity contribution in [2.45, 2.75) is 4.90 Å². The lowest BCUT2D eigenvalue weighted by Crippen LogP contribution is -1.86. The normalized spacial score (nSPS) is 10.9. The lowest BCUT2D eigenvalue weighted by molar-refractivity contribution is 0.588. The van der Waals surface area contributed by atoms with Crippen molar-refractivity contribution in [1.82, 2.24) is 0 Å². The Morgan fingerprint density at radius 1 is 1.13 bits per heavy atom. The fourth-order valence-electron chi connectivity index (χ4n) is 1.22. The third-order valence-corrected chi connectivity index (χ3v) is 6.80. The van der Waals surface area contributed by atoms with Gasteiger partial charge in [-0.1, -0.05) is 41.7 Å². The van der Waals surface area contributed by atoms with E-state index in [9.17, 15) is 4.57 Å². The minimum Gasteiger partial charge on any atom is -0.311 e. The fraction of sp³-hybridized carbons (Fsp3) is 0.167. The zero-order chi connectivity index (χ0) is 11.1. The van der Waals surface area contributed by atoms with E-state index in [2.05, 4.69) is 13.2 Å². The largest absolute Gasteiger partial charge is 0.311 e. The summed E-state index contributed by atoms with van der Waals surface area (Å²) in [4.78, 5) is 1.05. The van der Waals surface area contributed by atoms with E-state index in [1.807, 2.05) is 30.3 Å². The van der Waals surface area contributed by atoms with Gasteiger partial charge in [0, 0.05) is 17.2 Å². The van der Waals surface area contributed by atoms with E-state index in [4.69, 9.17) is 0 Å². The first-order valence-electron chi connectivity index (χ1n) is 4.75. The molecular weight excluding hydrogens is 223 g/mol. The Morgan fingerprint density at radius 2 is 1.67 bits per heavy atom. The van der Waals surface area contributed by atoms with E-state index in [-0.39, 0.29) is 0 Å². The van der Waals surface area contributed by atoms with E-state index in [0.29, 0.717) is 12.3 Å². The highest BCUT2D eigenvalue weighted by molar-refractivity contribution is 8.58. The van der Waals surface area contributed by atoms with Gasteiger partial charge in [-0.25, -0.2) is 0 Å². The van der Waals surface area contributed by atoms with Gasteiger partial charge in [0.25, 0.3) is 0 Å². The summed E-state index contributed by atoms with van der Waals surface area (Å²) >= 11 is 1.45. The molecule has 0 aliphatic carbocycles. The van der Waals surface area contributed by atoms with Crippen molar-refractivity contribution in [2.24, 2.45) is 0 Å². The van der Waals surface area contributed by atoms with Gasteiger partial charge in [-0.2, -0.15) is 0 Å². The molecular formula is C12H15OPS. The average molecular weight is 238 g/mol. The van der Waals surface area contributed by atoms with Crippen LogP contribution in [0.1, 0.15) is 0 Å². The Morgan fingerprint density at radius 3 is 2.13 bits per heavy atom. The number of hydrogen-bond donors (Lipinski definition) is 0. The standard InChI is InChI=1S/C12H15OPS/c1-3-10-14(13,11-4-2)15-12-8-6-5-7-9-12/h3-9H,1-2,10-11H2. The van der Waals surface area contributed by atoms with Crippen LogP contribution in [-0.4, -0.2) is 12.3 Å². The van der Waals surface area contributed by atoms with Crippen LogP contribution in [0.25, 0.3) is 0 Å². The maximum absolute atomic E-state index is 12.4. The molecule has 0 saturated carbocycles. The van der Waals surface area contributed by atoms with E-state index >= 15 is 0 Å². The molecule has 0 amide bonds. The predicted octanol–water partition coefficient (Wildman–Crippen LogP) is 4.43. The molecule has 1 aromatic carbocycles. The SMILES string of the molecule is C=CCP(=O)(CC=C)Sc1ccccc1. The van der Waals surface area contributed by atoms with Crippen LogP contribution in [0.3, 0.4) is 0 Å². The van der Waals surface area contributed by atoms with Crippen LogP contribution in [-0.2, 0) is 4.57 Å². The van der Waals surface area contributed by atoms with Gasteiger partial charge in [0.15, 0.2) is 6.34 Å². The van der Waals surface area contributed by atoms with Crippen molar-refractivity contribution >= 4 is 17.7 Å². The lowest BCUT2D eigenvalue weighted by atomic mass is 10.4. The molecule has 0 heterocycles. The molecule has 0 fully saturated rings. The molecule has 0 radical (unpaired) electrons. The second-order valence-electron chi connectivity index (χ2n) is 3.16. The maximum Gasteiger partial charge on any atom is 0.150 e. The van der Waals surface area contributed by atoms with Crippen LogP contribution in [0.15, 0.2) is 60.5 Å². The minimum absolute atomic E-state index is 0.554. The summed E-state index contributed by atoms with van der Waals surface area (Å²) in [6.45, 7) is 7.30. The van der Waals surface area contributed by atoms with Gasteiger partial charge in [0.05, 0.1) is 0 Å². The lowest BCUT2D eigenvalue weighted by Gasteiger charge is -2.13. The van der Waals surface area contributed by atoms with Crippen molar-refractivity contribution in [3.8, 4) is 0 Å². The van der Waals surface area contributed by atoms with Crippen LogP contribution < -0.4 is 0 Å². The number of rotatable bonds is 6. The molecule has 0 aliphatic rings. The summed E-state index contributed by atoms with van der Waals surface area (Å²) in [6, 6.07) is 9.81. The van der Waals surface area contributed by atoms with Crippen molar-refractivity contribution in [1.29, 1.82) is 0 Å². The van der Waals surface area contributed by atoms with E-state index < -0.39 is 6.34 Å². The molecule has 1 aromatic rings. The molecule has 0 saturated heterocycles. The van der Waals surface area contributed by atoms with Crippen LogP contribution in [0.5, 0.6) is 0 Å². The molecule has 0 atom stereocenters. The van der Waals surface area contributed by atoms with Gasteiger partial charge in [-0.05, 0) is 12.1 Å². The molecule has 80 valence electrons. The summed E-state index contributed by atoms with van der Waals surface area (Å²) in [6.07, 6.45) is 2.29. The minimum atomic E-state index is -2.26. The number of hydrogen-bond acceptors (Lipinski definition) is 2. The third kappa shape index (κ3) is 4.11. The van der Waals surface area contributed by atoms with Crippen molar-refractivity contribution in [2.75, 3.05) is 12.3 Å². The summed E-state index contributed by atoms with van der Waals surface area (Å²) in [5.41, 5.74) is 0. The zero-order valence-corrected chi connectivity index (χ0v) is 10.3. The van der Waals surface area contributed by atoms with Crippen LogP contribution >= 0.6 is 17.7 Å². The summed E-state index contributed by atoms with van der Waals surface area (Å²) in [5.74, 6) is 0. The van der Waals surface area contributed by atoms with Crippen LogP contribution in [0.2, 0.25) is 0 Å². The van der Waals surface area contributed by atoms with Gasteiger partial charge >= 0.3 is 0 Å². The molecule has 0 aromatic heterocycles. The Labute approximate surface area is 95.4 Å². The van der Waals surface area contributed by atoms with Crippen molar-refractivity contribution < 1.29 is 4.57 Å². The third-order valence-electron chi connectivity index (χ3n) is 1.83.